The van der Waals surface area contributed by atoms with Crippen molar-refractivity contribution in [1.29, 1.82) is 0 Å². The number of ketones is 1. The molecule has 0 amide bonds. The summed E-state index contributed by atoms with van der Waals surface area (Å²) in [6, 6.07) is 16.5. The molecule has 4 nitrogen and oxygen atoms in total. The van der Waals surface area contributed by atoms with Crippen molar-refractivity contribution in [3.63, 3.8) is 0 Å². The van der Waals surface area contributed by atoms with E-state index in [-0.39, 0.29) is 23.4 Å². The molecule has 2 aromatic rings. The molecular weight excluding hydrogens is 362 g/mol. The number of ether oxygens (including phenoxy) is 2. The molecule has 1 N–H and O–H groups in total. The second-order valence-electron chi connectivity index (χ2n) is 8.36. The van der Waals surface area contributed by atoms with Crippen molar-refractivity contribution < 1.29 is 14.3 Å². The maximum absolute atomic E-state index is 13.5. The van der Waals surface area contributed by atoms with E-state index in [0.29, 0.717) is 19.0 Å². The molecule has 2 bridgehead atoms. The van der Waals surface area contributed by atoms with E-state index in [1.54, 1.807) is 0 Å². The van der Waals surface area contributed by atoms with Crippen LogP contribution in [-0.4, -0.2) is 19.0 Å². The monoisotopic (exact) mass is 393 g/mol. The molecular formula is C25H31NO3. The molecule has 1 aliphatic carbocycles. The van der Waals surface area contributed by atoms with Crippen LogP contribution >= 0.6 is 0 Å². The van der Waals surface area contributed by atoms with Crippen LogP contribution in [0, 0.1) is 11.3 Å². The number of hydrogen-bond acceptors (Lipinski definition) is 4. The van der Waals surface area contributed by atoms with E-state index in [2.05, 4.69) is 36.5 Å². The highest BCUT2D eigenvalue weighted by atomic mass is 16.5. The van der Waals surface area contributed by atoms with Gasteiger partial charge in [0.2, 0.25) is 0 Å². The molecule has 2 fully saturated rings. The molecule has 154 valence electrons. The molecule has 0 aromatic heterocycles. The number of rotatable bonds is 6. The molecule has 1 saturated heterocycles. The number of carbonyl (C=O) groups excluding carboxylic acids is 1. The van der Waals surface area contributed by atoms with Gasteiger partial charge in [-0.2, -0.15) is 0 Å². The lowest BCUT2D eigenvalue weighted by Crippen LogP contribution is -2.56. The number of hydrogen-bond donors (Lipinski definition) is 1. The number of Topliss-reactive ketones (excluding diaryl/α,β-unsaturated/α-hetero) is 1. The second-order valence-corrected chi connectivity index (χ2v) is 8.36. The van der Waals surface area contributed by atoms with Gasteiger partial charge in [-0.15, -0.1) is 0 Å². The summed E-state index contributed by atoms with van der Waals surface area (Å²) in [7, 11) is 0. The van der Waals surface area contributed by atoms with Crippen LogP contribution < -0.4 is 14.8 Å². The Morgan fingerprint density at radius 2 is 1.48 bits per heavy atom. The van der Waals surface area contributed by atoms with E-state index in [4.69, 9.17) is 9.47 Å². The first-order chi connectivity index (χ1) is 14.1. The molecule has 1 saturated carbocycles. The normalized spacial score (nSPS) is 28.8. The number of benzene rings is 2. The average molecular weight is 394 g/mol. The van der Waals surface area contributed by atoms with E-state index in [1.807, 2.05) is 38.1 Å². The third-order valence-corrected chi connectivity index (χ3v) is 6.57. The smallest absolute Gasteiger partial charge is 0.145 e. The van der Waals surface area contributed by atoms with Crippen molar-refractivity contribution >= 4 is 5.78 Å². The number of carbonyl (C=O) groups is 1. The fraction of sp³-hybridized carbons (Fsp3) is 0.480. The van der Waals surface area contributed by atoms with Gasteiger partial charge in [0.05, 0.1) is 13.2 Å². The number of fused-ring (bicyclic) bond motifs is 2. The van der Waals surface area contributed by atoms with E-state index in [1.165, 1.54) is 0 Å². The Labute approximate surface area is 173 Å². The molecule has 4 atom stereocenters. The number of nitrogens with one attached hydrogen (secondary N) is 1. The molecule has 4 heteroatoms. The van der Waals surface area contributed by atoms with Crippen molar-refractivity contribution in [3.05, 3.63) is 59.7 Å². The van der Waals surface area contributed by atoms with Crippen LogP contribution in [0.1, 0.15) is 63.2 Å². The summed E-state index contributed by atoms with van der Waals surface area (Å²) in [5, 5.41) is 3.86. The zero-order valence-corrected chi connectivity index (χ0v) is 17.6. The first kappa shape index (κ1) is 20.0. The summed E-state index contributed by atoms with van der Waals surface area (Å²) in [5.41, 5.74) is 1.95. The van der Waals surface area contributed by atoms with Crippen molar-refractivity contribution in [1.82, 2.24) is 5.32 Å². The van der Waals surface area contributed by atoms with E-state index in [9.17, 15) is 4.79 Å². The van der Waals surface area contributed by atoms with Crippen LogP contribution in [0.5, 0.6) is 11.5 Å². The Morgan fingerprint density at radius 1 is 0.931 bits per heavy atom. The molecule has 1 aliphatic heterocycles. The van der Waals surface area contributed by atoms with Gasteiger partial charge < -0.3 is 14.8 Å². The summed E-state index contributed by atoms with van der Waals surface area (Å²) >= 11 is 0. The summed E-state index contributed by atoms with van der Waals surface area (Å²) < 4.78 is 11.2. The van der Waals surface area contributed by atoms with Crippen molar-refractivity contribution in [3.8, 4) is 11.5 Å². The second kappa shape index (κ2) is 8.19. The molecule has 29 heavy (non-hydrogen) atoms. The van der Waals surface area contributed by atoms with E-state index < -0.39 is 0 Å². The third kappa shape index (κ3) is 3.66. The Morgan fingerprint density at radius 3 is 2.03 bits per heavy atom. The Hall–Kier alpha value is -2.33. The third-order valence-electron chi connectivity index (χ3n) is 6.57. The van der Waals surface area contributed by atoms with E-state index >= 15 is 0 Å². The van der Waals surface area contributed by atoms with Crippen LogP contribution in [0.4, 0.5) is 0 Å². The Kier molecular flexibility index (Phi) is 5.64. The minimum absolute atomic E-state index is 0.00112. The maximum Gasteiger partial charge on any atom is 0.145 e. The molecule has 0 spiro atoms. The zero-order chi connectivity index (χ0) is 20.4. The summed E-state index contributed by atoms with van der Waals surface area (Å²) in [4.78, 5) is 13.5. The zero-order valence-electron chi connectivity index (χ0n) is 17.6. The van der Waals surface area contributed by atoms with Crippen molar-refractivity contribution in [2.45, 2.75) is 52.1 Å². The van der Waals surface area contributed by atoms with Gasteiger partial charge in [-0.1, -0.05) is 37.6 Å². The van der Waals surface area contributed by atoms with E-state index in [0.717, 1.165) is 41.9 Å². The first-order valence-electron chi connectivity index (χ1n) is 10.8. The molecule has 0 radical (unpaired) electrons. The lowest BCUT2D eigenvalue weighted by Gasteiger charge is -2.51. The lowest BCUT2D eigenvalue weighted by molar-refractivity contribution is -0.144. The predicted molar refractivity (Wildman–Crippen MR) is 114 cm³/mol. The molecule has 2 aromatic carbocycles. The topological polar surface area (TPSA) is 47.6 Å². The fourth-order valence-electron chi connectivity index (χ4n) is 5.11. The highest BCUT2D eigenvalue weighted by molar-refractivity contribution is 5.90. The standard InChI is InChI=1S/C25H31NO3/c1-4-28-19-12-8-17(9-13-19)22-21-7-6-16-25(3,24(21)27)23(26-22)18-10-14-20(15-11-18)29-5-2/h8-15,21-23,26H,4-7,16H2,1-3H3. The molecule has 2 aliphatic rings. The van der Waals surface area contributed by atoms with Crippen LogP contribution in [0.3, 0.4) is 0 Å². The lowest BCUT2D eigenvalue weighted by atomic mass is 9.59. The largest absolute Gasteiger partial charge is 0.494 e. The first-order valence-corrected chi connectivity index (χ1v) is 10.8. The summed E-state index contributed by atoms with van der Waals surface area (Å²) in [6.45, 7) is 7.42. The fourth-order valence-corrected chi connectivity index (χ4v) is 5.11. The van der Waals surface area contributed by atoms with Gasteiger partial charge in [-0.05, 0) is 62.1 Å². The van der Waals surface area contributed by atoms with Gasteiger partial charge >= 0.3 is 0 Å². The van der Waals surface area contributed by atoms with Gasteiger partial charge in [0, 0.05) is 23.4 Å². The average Bonchev–Trinajstić information content (AvgIpc) is 2.72. The van der Waals surface area contributed by atoms with Crippen LogP contribution in [0.2, 0.25) is 0 Å². The Bertz CT molecular complexity index is 845. The molecule has 4 unspecified atom stereocenters. The molecule has 1 heterocycles. The SMILES string of the molecule is CCOc1ccc(C2NC(c3ccc(OCC)cc3)C3(C)CCCC2C3=O)cc1. The van der Waals surface area contributed by atoms with Gasteiger partial charge in [0.15, 0.2) is 0 Å². The molecule has 4 rings (SSSR count). The summed E-state index contributed by atoms with van der Waals surface area (Å²) in [5.74, 6) is 2.17. The van der Waals surface area contributed by atoms with Gasteiger partial charge in [-0.25, -0.2) is 0 Å². The Balaban J connectivity index is 1.66. The maximum atomic E-state index is 13.5. The van der Waals surface area contributed by atoms with Crippen LogP contribution in [0.25, 0.3) is 0 Å². The van der Waals surface area contributed by atoms with Gasteiger partial charge in [-0.3, -0.25) is 4.79 Å². The highest BCUT2D eigenvalue weighted by Crippen LogP contribution is 2.53. The van der Waals surface area contributed by atoms with Crippen molar-refractivity contribution in [2.75, 3.05) is 13.2 Å². The summed E-state index contributed by atoms with van der Waals surface area (Å²) in [6.07, 6.45) is 2.98. The minimum Gasteiger partial charge on any atom is -0.494 e. The highest BCUT2D eigenvalue weighted by Gasteiger charge is 2.54. The quantitative estimate of drug-likeness (QED) is 0.729. The van der Waals surface area contributed by atoms with Gasteiger partial charge in [0.25, 0.3) is 0 Å². The number of piperidine rings is 1. The van der Waals surface area contributed by atoms with Gasteiger partial charge in [0.1, 0.15) is 17.3 Å². The van der Waals surface area contributed by atoms with Crippen LogP contribution in [-0.2, 0) is 4.79 Å². The van der Waals surface area contributed by atoms with Crippen LogP contribution in [0.15, 0.2) is 48.5 Å². The van der Waals surface area contributed by atoms with Crippen molar-refractivity contribution in [2.24, 2.45) is 11.3 Å². The predicted octanol–water partition coefficient (Wildman–Crippen LogP) is 5.25. The minimum atomic E-state index is -0.363.